The third-order valence-corrected chi connectivity index (χ3v) is 2.96. The summed E-state index contributed by atoms with van der Waals surface area (Å²) in [5.41, 5.74) is 0. The van der Waals surface area contributed by atoms with Gasteiger partial charge in [-0.3, -0.25) is 0 Å². The fraction of sp³-hybridized carbons (Fsp3) is 0.500. The zero-order valence-corrected chi connectivity index (χ0v) is 10.7. The van der Waals surface area contributed by atoms with Crippen molar-refractivity contribution in [2.75, 3.05) is 20.0 Å². The molecule has 1 aromatic rings. The lowest BCUT2D eigenvalue weighted by Crippen LogP contribution is -2.01. The Labute approximate surface area is 100 Å². The van der Waals surface area contributed by atoms with Gasteiger partial charge in [0.25, 0.3) is 0 Å². The van der Waals surface area contributed by atoms with Gasteiger partial charge in [0.15, 0.2) is 17.3 Å². The van der Waals surface area contributed by atoms with Gasteiger partial charge in [-0.05, 0) is 24.8 Å². The Morgan fingerprint density at radius 3 is 2.69 bits per heavy atom. The molecule has 0 radical (unpaired) electrons. The highest BCUT2D eigenvalue weighted by atomic mass is 32.2. The molecule has 0 aliphatic rings. The second-order valence-corrected chi connectivity index (χ2v) is 4.16. The fourth-order valence-electron chi connectivity index (χ4n) is 1.29. The van der Waals surface area contributed by atoms with E-state index in [4.69, 9.17) is 9.47 Å². The minimum absolute atomic E-state index is 0.225. The molecule has 0 saturated heterocycles. The van der Waals surface area contributed by atoms with Crippen LogP contribution in [0, 0.1) is 5.82 Å². The molecule has 1 aromatic carbocycles. The first-order valence-electron chi connectivity index (χ1n) is 5.27. The van der Waals surface area contributed by atoms with E-state index in [1.54, 1.807) is 12.1 Å². The van der Waals surface area contributed by atoms with Crippen LogP contribution in [0.25, 0.3) is 0 Å². The molecule has 4 heteroatoms. The summed E-state index contributed by atoms with van der Waals surface area (Å²) < 4.78 is 24.4. The summed E-state index contributed by atoms with van der Waals surface area (Å²) in [6, 6.07) is 3.43. The Kier molecular flexibility index (Phi) is 5.46. The van der Waals surface area contributed by atoms with Crippen molar-refractivity contribution in [2.45, 2.75) is 24.7 Å². The summed E-state index contributed by atoms with van der Waals surface area (Å²) >= 11 is 1.36. The van der Waals surface area contributed by atoms with Crippen molar-refractivity contribution < 1.29 is 13.9 Å². The molecule has 2 nitrogen and oxygen atoms in total. The van der Waals surface area contributed by atoms with E-state index in [9.17, 15) is 4.39 Å². The van der Waals surface area contributed by atoms with Gasteiger partial charge in [-0.2, -0.15) is 0 Å². The van der Waals surface area contributed by atoms with Crippen molar-refractivity contribution in [3.63, 3.8) is 0 Å². The molecular weight excluding hydrogens is 227 g/mol. The molecule has 0 fully saturated rings. The summed E-state index contributed by atoms with van der Waals surface area (Å²) in [4.78, 5) is 0.576. The first-order valence-corrected chi connectivity index (χ1v) is 6.50. The first kappa shape index (κ1) is 13.2. The highest BCUT2D eigenvalue weighted by Gasteiger charge is 2.14. The molecule has 0 spiro atoms. The number of ether oxygens (including phenoxy) is 2. The van der Waals surface area contributed by atoms with Crippen LogP contribution in [0.5, 0.6) is 11.5 Å². The molecule has 0 saturated carbocycles. The number of thioether (sulfide) groups is 1. The molecule has 0 heterocycles. The van der Waals surface area contributed by atoms with E-state index in [-0.39, 0.29) is 11.6 Å². The van der Waals surface area contributed by atoms with Gasteiger partial charge in [-0.1, -0.05) is 13.3 Å². The van der Waals surface area contributed by atoms with E-state index in [1.807, 2.05) is 6.26 Å². The van der Waals surface area contributed by atoms with Crippen LogP contribution in [-0.4, -0.2) is 20.0 Å². The maximum absolute atomic E-state index is 13.9. The molecular formula is C12H17FO2S. The summed E-state index contributed by atoms with van der Waals surface area (Å²) in [5, 5.41) is 0. The third kappa shape index (κ3) is 3.04. The molecule has 0 bridgehead atoms. The van der Waals surface area contributed by atoms with Crippen LogP contribution in [-0.2, 0) is 0 Å². The Morgan fingerprint density at radius 1 is 1.38 bits per heavy atom. The van der Waals surface area contributed by atoms with E-state index in [2.05, 4.69) is 6.92 Å². The molecule has 16 heavy (non-hydrogen) atoms. The van der Waals surface area contributed by atoms with Crippen LogP contribution in [0.3, 0.4) is 0 Å². The third-order valence-electron chi connectivity index (χ3n) is 2.21. The van der Waals surface area contributed by atoms with Crippen molar-refractivity contribution in [3.8, 4) is 11.5 Å². The lowest BCUT2D eigenvalue weighted by Gasteiger charge is -2.12. The van der Waals surface area contributed by atoms with Crippen molar-refractivity contribution in [1.29, 1.82) is 0 Å². The SMILES string of the molecule is CCCCOc1c(OC)ccc(SC)c1F. The second kappa shape index (κ2) is 6.63. The number of hydrogen-bond donors (Lipinski definition) is 0. The zero-order chi connectivity index (χ0) is 12.0. The molecule has 0 amide bonds. The largest absolute Gasteiger partial charge is 0.493 e. The maximum Gasteiger partial charge on any atom is 0.198 e. The number of benzene rings is 1. The van der Waals surface area contributed by atoms with Gasteiger partial charge in [0.05, 0.1) is 13.7 Å². The summed E-state index contributed by atoms with van der Waals surface area (Å²) in [5.74, 6) is 0.345. The summed E-state index contributed by atoms with van der Waals surface area (Å²) in [6.07, 6.45) is 3.76. The van der Waals surface area contributed by atoms with Crippen molar-refractivity contribution in [2.24, 2.45) is 0 Å². The van der Waals surface area contributed by atoms with E-state index in [0.29, 0.717) is 17.3 Å². The number of halogens is 1. The molecule has 90 valence electrons. The van der Waals surface area contributed by atoms with E-state index in [1.165, 1.54) is 18.9 Å². The Morgan fingerprint density at radius 2 is 2.12 bits per heavy atom. The second-order valence-electron chi connectivity index (χ2n) is 3.32. The van der Waals surface area contributed by atoms with Crippen LogP contribution in [0.4, 0.5) is 4.39 Å². The highest BCUT2D eigenvalue weighted by molar-refractivity contribution is 7.98. The quantitative estimate of drug-likeness (QED) is 0.561. The standard InChI is InChI=1S/C12H17FO2S/c1-4-5-8-15-12-9(14-2)6-7-10(16-3)11(12)13/h6-7H,4-5,8H2,1-3H3. The van der Waals surface area contributed by atoms with E-state index >= 15 is 0 Å². The number of methoxy groups -OCH3 is 1. The average molecular weight is 244 g/mol. The fourth-order valence-corrected chi connectivity index (χ4v) is 1.77. The predicted molar refractivity (Wildman–Crippen MR) is 65.1 cm³/mol. The van der Waals surface area contributed by atoms with Crippen LogP contribution < -0.4 is 9.47 Å². The van der Waals surface area contributed by atoms with Gasteiger partial charge >= 0.3 is 0 Å². The summed E-state index contributed by atoms with van der Waals surface area (Å²) in [7, 11) is 1.51. The van der Waals surface area contributed by atoms with Crippen LogP contribution >= 0.6 is 11.8 Å². The van der Waals surface area contributed by atoms with Gasteiger partial charge in [0.2, 0.25) is 0 Å². The molecule has 0 aliphatic carbocycles. The lowest BCUT2D eigenvalue weighted by atomic mass is 10.3. The van der Waals surface area contributed by atoms with Crippen molar-refractivity contribution in [1.82, 2.24) is 0 Å². The molecule has 1 rings (SSSR count). The molecule has 0 atom stereocenters. The van der Waals surface area contributed by atoms with E-state index < -0.39 is 0 Å². The molecule has 0 aromatic heterocycles. The van der Waals surface area contributed by atoms with Crippen LogP contribution in [0.15, 0.2) is 17.0 Å². The van der Waals surface area contributed by atoms with Crippen LogP contribution in [0.2, 0.25) is 0 Å². The number of hydrogen-bond acceptors (Lipinski definition) is 3. The van der Waals surface area contributed by atoms with Gasteiger partial charge in [0, 0.05) is 4.90 Å². The minimum Gasteiger partial charge on any atom is -0.493 e. The smallest absolute Gasteiger partial charge is 0.198 e. The lowest BCUT2D eigenvalue weighted by molar-refractivity contribution is 0.271. The molecule has 0 aliphatic heterocycles. The number of unbranched alkanes of at least 4 members (excludes halogenated alkanes) is 1. The Bertz CT molecular complexity index is 342. The summed E-state index contributed by atoms with van der Waals surface area (Å²) in [6.45, 7) is 2.58. The zero-order valence-electron chi connectivity index (χ0n) is 9.88. The predicted octanol–water partition coefficient (Wildman–Crippen LogP) is 3.74. The van der Waals surface area contributed by atoms with E-state index in [0.717, 1.165) is 12.8 Å². The molecule has 0 unspecified atom stereocenters. The van der Waals surface area contributed by atoms with Gasteiger partial charge in [-0.15, -0.1) is 11.8 Å². The van der Waals surface area contributed by atoms with Gasteiger partial charge < -0.3 is 9.47 Å². The maximum atomic E-state index is 13.9. The first-order chi connectivity index (χ1) is 7.74. The Balaban J connectivity index is 2.92. The number of rotatable bonds is 6. The van der Waals surface area contributed by atoms with Crippen molar-refractivity contribution in [3.05, 3.63) is 17.9 Å². The normalized spacial score (nSPS) is 10.2. The van der Waals surface area contributed by atoms with Gasteiger partial charge in [-0.25, -0.2) is 4.39 Å². The van der Waals surface area contributed by atoms with Crippen molar-refractivity contribution >= 4 is 11.8 Å². The Hall–Kier alpha value is -0.900. The van der Waals surface area contributed by atoms with Crippen LogP contribution in [0.1, 0.15) is 19.8 Å². The minimum atomic E-state index is -0.331. The highest BCUT2D eigenvalue weighted by Crippen LogP contribution is 2.35. The van der Waals surface area contributed by atoms with Gasteiger partial charge in [0.1, 0.15) is 0 Å². The monoisotopic (exact) mass is 244 g/mol. The molecule has 0 N–H and O–H groups in total. The topological polar surface area (TPSA) is 18.5 Å². The average Bonchev–Trinajstić information content (AvgIpc) is 2.31.